The zero-order chi connectivity index (χ0) is 12.7. The lowest BCUT2D eigenvalue weighted by Crippen LogP contribution is -2.07. The van der Waals surface area contributed by atoms with Crippen molar-refractivity contribution in [2.24, 2.45) is 0 Å². The fourth-order valence-electron chi connectivity index (χ4n) is 1.33. The zero-order valence-corrected chi connectivity index (χ0v) is 9.67. The fourth-order valence-corrected chi connectivity index (χ4v) is 1.33. The predicted octanol–water partition coefficient (Wildman–Crippen LogP) is 1.12. The second-order valence-corrected chi connectivity index (χ2v) is 3.51. The van der Waals surface area contributed by atoms with Gasteiger partial charge in [0.05, 0.1) is 6.61 Å². The van der Waals surface area contributed by atoms with Crippen LogP contribution in [0.3, 0.4) is 0 Å². The van der Waals surface area contributed by atoms with Gasteiger partial charge in [-0.1, -0.05) is 24.3 Å². The van der Waals surface area contributed by atoms with Gasteiger partial charge in [-0.2, -0.15) is 0 Å². The first kappa shape index (κ1) is 13.4. The lowest BCUT2D eigenvalue weighted by Gasteiger charge is -2.03. The van der Waals surface area contributed by atoms with Crippen molar-refractivity contribution in [1.29, 1.82) is 0 Å². The summed E-state index contributed by atoms with van der Waals surface area (Å²) < 4.78 is 4.75. The summed E-state index contributed by atoms with van der Waals surface area (Å²) in [7, 11) is 0. The van der Waals surface area contributed by atoms with Gasteiger partial charge >= 0.3 is 5.97 Å². The van der Waals surface area contributed by atoms with Gasteiger partial charge in [-0.15, -0.1) is 0 Å². The normalized spacial score (nSPS) is 11.1. The summed E-state index contributed by atoms with van der Waals surface area (Å²) in [5.41, 5.74) is 1.68. The number of rotatable bonds is 5. The molecule has 0 unspecified atom stereocenters. The van der Waals surface area contributed by atoms with Crippen molar-refractivity contribution < 1.29 is 19.7 Å². The van der Waals surface area contributed by atoms with Crippen molar-refractivity contribution in [3.63, 3.8) is 0 Å². The molecular weight excluding hydrogens is 220 g/mol. The Labute approximate surface area is 100 Å². The van der Waals surface area contributed by atoms with E-state index in [1.165, 1.54) is 6.08 Å². The second-order valence-electron chi connectivity index (χ2n) is 3.51. The topological polar surface area (TPSA) is 66.8 Å². The van der Waals surface area contributed by atoms with Gasteiger partial charge in [-0.05, 0) is 24.1 Å². The molecule has 0 amide bonds. The summed E-state index contributed by atoms with van der Waals surface area (Å²) in [5.74, 6) is -0.373. The highest BCUT2D eigenvalue weighted by Gasteiger charge is 1.99. The quantitative estimate of drug-likeness (QED) is 0.456. The molecule has 0 saturated heterocycles. The van der Waals surface area contributed by atoms with Crippen LogP contribution in [0, 0.1) is 0 Å². The van der Waals surface area contributed by atoms with E-state index in [0.29, 0.717) is 6.61 Å². The Morgan fingerprint density at radius 3 is 2.53 bits per heavy atom. The van der Waals surface area contributed by atoms with Crippen LogP contribution in [0.15, 0.2) is 30.3 Å². The second kappa shape index (κ2) is 6.83. The summed E-state index contributed by atoms with van der Waals surface area (Å²) in [6.07, 6.45) is 1.87. The van der Waals surface area contributed by atoms with Gasteiger partial charge in [0.2, 0.25) is 0 Å². The molecule has 1 aromatic carbocycles. The Kier molecular flexibility index (Phi) is 5.39. The van der Waals surface area contributed by atoms with E-state index in [2.05, 4.69) is 0 Å². The molecule has 0 bridgehead atoms. The Bertz CT molecular complexity index is 379. The molecule has 2 N–H and O–H groups in total. The lowest BCUT2D eigenvalue weighted by molar-refractivity contribution is -0.137. The van der Waals surface area contributed by atoms with Crippen LogP contribution in [0.4, 0.5) is 0 Å². The largest absolute Gasteiger partial charge is 0.463 e. The van der Waals surface area contributed by atoms with Gasteiger partial charge in [0.15, 0.2) is 6.29 Å². The number of aliphatic hydroxyl groups is 2. The van der Waals surface area contributed by atoms with E-state index >= 15 is 0 Å². The van der Waals surface area contributed by atoms with Crippen molar-refractivity contribution in [3.8, 4) is 0 Å². The van der Waals surface area contributed by atoms with Gasteiger partial charge in [0.25, 0.3) is 0 Å². The molecule has 0 aliphatic rings. The smallest absolute Gasteiger partial charge is 0.330 e. The Morgan fingerprint density at radius 1 is 1.35 bits per heavy atom. The molecule has 0 aliphatic carbocycles. The summed E-state index contributed by atoms with van der Waals surface area (Å²) in [6.45, 7) is 2.11. The van der Waals surface area contributed by atoms with Gasteiger partial charge < -0.3 is 14.9 Å². The molecule has 1 aromatic rings. The molecule has 0 radical (unpaired) electrons. The van der Waals surface area contributed by atoms with Crippen molar-refractivity contribution in [2.45, 2.75) is 19.6 Å². The van der Waals surface area contributed by atoms with Gasteiger partial charge in [0.1, 0.15) is 0 Å². The molecule has 0 saturated carbocycles. The van der Waals surface area contributed by atoms with Gasteiger partial charge in [-0.3, -0.25) is 0 Å². The number of carbonyl (C=O) groups is 1. The van der Waals surface area contributed by atoms with Gasteiger partial charge in [0, 0.05) is 12.5 Å². The van der Waals surface area contributed by atoms with Crippen LogP contribution in [0.1, 0.15) is 18.1 Å². The van der Waals surface area contributed by atoms with Crippen molar-refractivity contribution in [2.75, 3.05) is 6.61 Å². The zero-order valence-electron chi connectivity index (χ0n) is 9.67. The van der Waals surface area contributed by atoms with Gasteiger partial charge in [-0.25, -0.2) is 4.79 Å². The first-order chi connectivity index (χ1) is 8.11. The van der Waals surface area contributed by atoms with Crippen LogP contribution >= 0.6 is 0 Å². The monoisotopic (exact) mass is 236 g/mol. The Morgan fingerprint density at radius 2 is 2.00 bits per heavy atom. The molecule has 0 atom stereocenters. The van der Waals surface area contributed by atoms with E-state index in [1.54, 1.807) is 37.3 Å². The van der Waals surface area contributed by atoms with E-state index in [9.17, 15) is 4.79 Å². The fraction of sp³-hybridized carbons (Fsp3) is 0.308. The number of carbonyl (C=O) groups excluding carboxylic acids is 1. The van der Waals surface area contributed by atoms with E-state index in [1.807, 2.05) is 0 Å². The molecule has 4 nitrogen and oxygen atoms in total. The third-order valence-corrected chi connectivity index (χ3v) is 2.10. The molecule has 0 fully saturated rings. The number of aliphatic hydroxyl groups excluding tert-OH is 1. The first-order valence-electron chi connectivity index (χ1n) is 5.41. The van der Waals surface area contributed by atoms with Crippen molar-refractivity contribution >= 4 is 12.0 Å². The van der Waals surface area contributed by atoms with E-state index in [4.69, 9.17) is 14.9 Å². The number of esters is 1. The van der Waals surface area contributed by atoms with E-state index < -0.39 is 6.29 Å². The highest BCUT2D eigenvalue weighted by molar-refractivity contribution is 5.86. The average molecular weight is 236 g/mol. The minimum atomic E-state index is -1.34. The van der Waals surface area contributed by atoms with Crippen molar-refractivity contribution in [1.82, 2.24) is 0 Å². The maximum absolute atomic E-state index is 11.1. The summed E-state index contributed by atoms with van der Waals surface area (Å²) in [6, 6.07) is 7.16. The molecular formula is C13H16O4. The summed E-state index contributed by atoms with van der Waals surface area (Å²) >= 11 is 0. The van der Waals surface area contributed by atoms with Crippen LogP contribution in [-0.4, -0.2) is 29.1 Å². The minimum absolute atomic E-state index is 0.196. The molecule has 0 spiro atoms. The van der Waals surface area contributed by atoms with Crippen LogP contribution in [0.5, 0.6) is 0 Å². The predicted molar refractivity (Wildman–Crippen MR) is 64.0 cm³/mol. The van der Waals surface area contributed by atoms with Crippen LogP contribution in [0.25, 0.3) is 6.08 Å². The highest BCUT2D eigenvalue weighted by Crippen LogP contribution is 2.08. The number of hydrogen-bond donors (Lipinski definition) is 2. The van der Waals surface area contributed by atoms with Crippen LogP contribution in [-0.2, 0) is 16.0 Å². The Balaban J connectivity index is 2.59. The molecule has 4 heteroatoms. The molecule has 0 heterocycles. The third kappa shape index (κ3) is 5.29. The highest BCUT2D eigenvalue weighted by atomic mass is 16.5. The molecule has 1 rings (SSSR count). The third-order valence-electron chi connectivity index (χ3n) is 2.10. The SMILES string of the molecule is CCOC(=O)C=Cc1ccc(CC(O)O)cc1. The maximum Gasteiger partial charge on any atom is 0.330 e. The van der Waals surface area contributed by atoms with E-state index in [0.717, 1.165) is 11.1 Å². The van der Waals surface area contributed by atoms with E-state index in [-0.39, 0.29) is 12.4 Å². The standard InChI is InChI=1S/C13H16O4/c1-2-17-13(16)8-7-10-3-5-11(6-4-10)9-12(14)15/h3-8,12,14-15H,2,9H2,1H3. The number of benzene rings is 1. The maximum atomic E-state index is 11.1. The Hall–Kier alpha value is -1.65. The van der Waals surface area contributed by atoms with Crippen LogP contribution < -0.4 is 0 Å². The molecule has 17 heavy (non-hydrogen) atoms. The summed E-state index contributed by atoms with van der Waals surface area (Å²) in [5, 5.41) is 17.6. The van der Waals surface area contributed by atoms with Crippen LogP contribution in [0.2, 0.25) is 0 Å². The number of hydrogen-bond acceptors (Lipinski definition) is 4. The minimum Gasteiger partial charge on any atom is -0.463 e. The number of ether oxygens (including phenoxy) is 1. The molecule has 92 valence electrons. The van der Waals surface area contributed by atoms with Crippen molar-refractivity contribution in [3.05, 3.63) is 41.5 Å². The molecule has 0 aromatic heterocycles. The molecule has 0 aliphatic heterocycles. The lowest BCUT2D eigenvalue weighted by atomic mass is 10.1. The summed E-state index contributed by atoms with van der Waals surface area (Å²) in [4.78, 5) is 11.1. The first-order valence-corrected chi connectivity index (χ1v) is 5.41. The average Bonchev–Trinajstić information content (AvgIpc) is 2.28.